The topological polar surface area (TPSA) is 65.5 Å². The zero-order valence-corrected chi connectivity index (χ0v) is 8.95. The SMILES string of the molecule is CCOC(=O)/C(=C/c1occc1N)CC. The van der Waals surface area contributed by atoms with Gasteiger partial charge in [0.25, 0.3) is 0 Å². The van der Waals surface area contributed by atoms with Gasteiger partial charge in [0.05, 0.1) is 18.6 Å². The highest BCUT2D eigenvalue weighted by Gasteiger charge is 2.10. The molecule has 0 fully saturated rings. The molecule has 0 unspecified atom stereocenters. The molecule has 0 saturated heterocycles. The van der Waals surface area contributed by atoms with Crippen molar-refractivity contribution in [2.24, 2.45) is 0 Å². The molecule has 4 nitrogen and oxygen atoms in total. The van der Waals surface area contributed by atoms with Gasteiger partial charge in [0.1, 0.15) is 5.76 Å². The van der Waals surface area contributed by atoms with Crippen molar-refractivity contribution in [2.75, 3.05) is 12.3 Å². The molecule has 0 aliphatic heterocycles. The first-order valence-corrected chi connectivity index (χ1v) is 4.89. The van der Waals surface area contributed by atoms with E-state index in [-0.39, 0.29) is 5.97 Å². The molecular weight excluding hydrogens is 194 g/mol. The molecule has 1 rings (SSSR count). The first-order chi connectivity index (χ1) is 7.19. The summed E-state index contributed by atoms with van der Waals surface area (Å²) in [4.78, 5) is 11.4. The van der Waals surface area contributed by atoms with Gasteiger partial charge in [-0.3, -0.25) is 0 Å². The normalized spacial score (nSPS) is 11.5. The fraction of sp³-hybridized carbons (Fsp3) is 0.364. The third-order valence-electron chi connectivity index (χ3n) is 1.95. The third-order valence-corrected chi connectivity index (χ3v) is 1.95. The number of carbonyl (C=O) groups is 1. The summed E-state index contributed by atoms with van der Waals surface area (Å²) in [5.41, 5.74) is 6.70. The highest BCUT2D eigenvalue weighted by Crippen LogP contribution is 2.18. The molecule has 0 atom stereocenters. The van der Waals surface area contributed by atoms with E-state index < -0.39 is 0 Å². The number of esters is 1. The van der Waals surface area contributed by atoms with Gasteiger partial charge in [0.15, 0.2) is 0 Å². The summed E-state index contributed by atoms with van der Waals surface area (Å²) in [5.74, 6) is 0.177. The predicted octanol–water partition coefficient (Wildman–Crippen LogP) is 2.22. The van der Waals surface area contributed by atoms with Crippen LogP contribution in [0.5, 0.6) is 0 Å². The average molecular weight is 209 g/mol. The van der Waals surface area contributed by atoms with E-state index in [0.717, 1.165) is 0 Å². The summed E-state index contributed by atoms with van der Waals surface area (Å²) in [6, 6.07) is 1.64. The molecule has 0 aliphatic rings. The number of rotatable bonds is 4. The van der Waals surface area contributed by atoms with Crippen LogP contribution in [0.3, 0.4) is 0 Å². The van der Waals surface area contributed by atoms with Crippen LogP contribution < -0.4 is 5.73 Å². The standard InChI is InChI=1S/C11H15NO3/c1-3-8(11(13)14-4-2)7-10-9(12)5-6-15-10/h5-7H,3-4,12H2,1-2H3/b8-7+. The van der Waals surface area contributed by atoms with Crippen LogP contribution in [-0.2, 0) is 9.53 Å². The second kappa shape index (κ2) is 5.24. The number of nitrogen functional groups attached to an aromatic ring is 1. The minimum absolute atomic E-state index is 0.323. The van der Waals surface area contributed by atoms with Crippen LogP contribution in [0.2, 0.25) is 0 Å². The van der Waals surface area contributed by atoms with Gasteiger partial charge < -0.3 is 14.9 Å². The van der Waals surface area contributed by atoms with Crippen LogP contribution in [0, 0.1) is 0 Å². The van der Waals surface area contributed by atoms with Gasteiger partial charge in [-0.05, 0) is 19.4 Å². The molecular formula is C11H15NO3. The Labute approximate surface area is 88.7 Å². The zero-order valence-electron chi connectivity index (χ0n) is 8.95. The quantitative estimate of drug-likeness (QED) is 0.610. The van der Waals surface area contributed by atoms with Crippen molar-refractivity contribution < 1.29 is 13.9 Å². The molecule has 0 saturated carbocycles. The van der Waals surface area contributed by atoms with Gasteiger partial charge >= 0.3 is 5.97 Å². The van der Waals surface area contributed by atoms with Gasteiger partial charge in [-0.25, -0.2) is 4.79 Å². The summed E-state index contributed by atoms with van der Waals surface area (Å²) >= 11 is 0. The number of nitrogens with two attached hydrogens (primary N) is 1. The van der Waals surface area contributed by atoms with Crippen molar-refractivity contribution in [3.8, 4) is 0 Å². The lowest BCUT2D eigenvalue weighted by Gasteiger charge is -2.03. The van der Waals surface area contributed by atoms with E-state index >= 15 is 0 Å². The molecule has 0 radical (unpaired) electrons. The maximum Gasteiger partial charge on any atom is 0.334 e. The van der Waals surface area contributed by atoms with Gasteiger partial charge in [-0.2, -0.15) is 0 Å². The van der Waals surface area contributed by atoms with Crippen molar-refractivity contribution in [3.05, 3.63) is 23.7 Å². The van der Waals surface area contributed by atoms with Gasteiger partial charge in [-0.15, -0.1) is 0 Å². The summed E-state index contributed by atoms with van der Waals surface area (Å²) < 4.78 is 10.0. The molecule has 4 heteroatoms. The summed E-state index contributed by atoms with van der Waals surface area (Å²) in [7, 11) is 0. The second-order valence-electron chi connectivity index (χ2n) is 2.98. The van der Waals surface area contributed by atoms with Crippen LogP contribution in [0.15, 0.2) is 22.3 Å². The van der Waals surface area contributed by atoms with Crippen molar-refractivity contribution >= 4 is 17.7 Å². The summed E-state index contributed by atoms with van der Waals surface area (Å²) in [6.07, 6.45) is 3.69. The van der Waals surface area contributed by atoms with E-state index in [1.54, 1.807) is 19.1 Å². The number of carbonyl (C=O) groups excluding carboxylic acids is 1. The Morgan fingerprint density at radius 2 is 2.33 bits per heavy atom. The second-order valence-corrected chi connectivity index (χ2v) is 2.98. The molecule has 0 bridgehead atoms. The number of ether oxygens (including phenoxy) is 1. The monoisotopic (exact) mass is 209 g/mol. The van der Waals surface area contributed by atoms with E-state index in [4.69, 9.17) is 14.9 Å². The molecule has 1 aromatic heterocycles. The number of anilines is 1. The smallest absolute Gasteiger partial charge is 0.334 e. The van der Waals surface area contributed by atoms with Crippen LogP contribution in [-0.4, -0.2) is 12.6 Å². The van der Waals surface area contributed by atoms with E-state index in [9.17, 15) is 4.79 Å². The highest BCUT2D eigenvalue weighted by atomic mass is 16.5. The van der Waals surface area contributed by atoms with Crippen molar-refractivity contribution in [3.63, 3.8) is 0 Å². The lowest BCUT2D eigenvalue weighted by Crippen LogP contribution is -2.06. The van der Waals surface area contributed by atoms with Crippen molar-refractivity contribution in [1.29, 1.82) is 0 Å². The van der Waals surface area contributed by atoms with Gasteiger partial charge in [0.2, 0.25) is 0 Å². The first-order valence-electron chi connectivity index (χ1n) is 4.89. The third kappa shape index (κ3) is 2.87. The molecule has 0 amide bonds. The highest BCUT2D eigenvalue weighted by molar-refractivity contribution is 5.93. The van der Waals surface area contributed by atoms with E-state index in [1.807, 2.05) is 6.92 Å². The molecule has 0 spiro atoms. The average Bonchev–Trinajstić information content (AvgIpc) is 2.61. The lowest BCUT2D eigenvalue weighted by atomic mass is 10.1. The Kier molecular flexibility index (Phi) is 3.97. The maximum absolute atomic E-state index is 11.4. The van der Waals surface area contributed by atoms with Crippen LogP contribution in [0.1, 0.15) is 26.0 Å². The number of furan rings is 1. The van der Waals surface area contributed by atoms with E-state index in [0.29, 0.717) is 30.0 Å². The Morgan fingerprint density at radius 3 is 2.80 bits per heavy atom. The fourth-order valence-corrected chi connectivity index (χ4v) is 1.14. The van der Waals surface area contributed by atoms with Crippen LogP contribution >= 0.6 is 0 Å². The maximum atomic E-state index is 11.4. The van der Waals surface area contributed by atoms with Crippen molar-refractivity contribution in [2.45, 2.75) is 20.3 Å². The molecule has 0 aliphatic carbocycles. The van der Waals surface area contributed by atoms with Crippen LogP contribution in [0.4, 0.5) is 5.69 Å². The first kappa shape index (κ1) is 11.4. The fourth-order valence-electron chi connectivity index (χ4n) is 1.14. The van der Waals surface area contributed by atoms with Crippen LogP contribution in [0.25, 0.3) is 6.08 Å². The summed E-state index contributed by atoms with van der Waals surface area (Å²) in [5, 5.41) is 0. The minimum atomic E-state index is -0.323. The molecule has 2 N–H and O–H groups in total. The summed E-state index contributed by atoms with van der Waals surface area (Å²) in [6.45, 7) is 4.01. The minimum Gasteiger partial charge on any atom is -0.463 e. The molecule has 1 aromatic rings. The molecule has 1 heterocycles. The Bertz CT molecular complexity index is 366. The molecule has 15 heavy (non-hydrogen) atoms. The molecule has 82 valence electrons. The Morgan fingerprint density at radius 1 is 1.60 bits per heavy atom. The predicted molar refractivity (Wildman–Crippen MR) is 58.0 cm³/mol. The van der Waals surface area contributed by atoms with Gasteiger partial charge in [0, 0.05) is 11.6 Å². The van der Waals surface area contributed by atoms with E-state index in [1.165, 1.54) is 6.26 Å². The lowest BCUT2D eigenvalue weighted by molar-refractivity contribution is -0.138. The van der Waals surface area contributed by atoms with Crippen molar-refractivity contribution in [1.82, 2.24) is 0 Å². The Balaban J connectivity index is 2.87. The largest absolute Gasteiger partial charge is 0.463 e. The zero-order chi connectivity index (χ0) is 11.3. The Hall–Kier alpha value is -1.71. The number of hydrogen-bond donors (Lipinski definition) is 1. The van der Waals surface area contributed by atoms with E-state index in [2.05, 4.69) is 0 Å². The van der Waals surface area contributed by atoms with Gasteiger partial charge in [-0.1, -0.05) is 6.92 Å². The number of hydrogen-bond acceptors (Lipinski definition) is 4. The molecule has 0 aromatic carbocycles.